The lowest BCUT2D eigenvalue weighted by Gasteiger charge is -2.23. The van der Waals surface area contributed by atoms with Gasteiger partial charge in [0, 0.05) is 22.3 Å². The molecule has 19 heavy (non-hydrogen) atoms. The highest BCUT2D eigenvalue weighted by Crippen LogP contribution is 2.19. The number of anilines is 1. The number of carboxylic acid groups (broad SMARTS) is 1. The van der Waals surface area contributed by atoms with Gasteiger partial charge in [0.2, 0.25) is 0 Å². The fraction of sp³-hybridized carbons (Fsp3) is 0.333. The minimum absolute atomic E-state index is 0.0118. The second-order valence-electron chi connectivity index (χ2n) is 4.28. The van der Waals surface area contributed by atoms with Gasteiger partial charge in [0.25, 0.3) is 0 Å². The number of carbonyl (C=O) groups excluding carboxylic acids is 1. The molecular formula is C12H13IN2O4. The van der Waals surface area contributed by atoms with Crippen molar-refractivity contribution in [1.82, 2.24) is 5.32 Å². The molecule has 1 aromatic carbocycles. The van der Waals surface area contributed by atoms with Gasteiger partial charge in [-0.1, -0.05) is 6.07 Å². The molecule has 102 valence electrons. The molecule has 1 atom stereocenters. The Hall–Kier alpha value is -1.35. The van der Waals surface area contributed by atoms with Crippen LogP contribution < -0.4 is 10.6 Å². The quantitative estimate of drug-likeness (QED) is 0.701. The number of benzene rings is 1. The summed E-state index contributed by atoms with van der Waals surface area (Å²) >= 11 is 2.13. The van der Waals surface area contributed by atoms with Crippen LogP contribution in [0.1, 0.15) is 6.42 Å². The van der Waals surface area contributed by atoms with E-state index in [0.29, 0.717) is 12.3 Å². The number of carbonyl (C=O) groups is 2. The molecule has 0 aromatic heterocycles. The van der Waals surface area contributed by atoms with E-state index in [1.807, 2.05) is 12.1 Å². The van der Waals surface area contributed by atoms with Crippen molar-refractivity contribution in [1.29, 1.82) is 0 Å². The van der Waals surface area contributed by atoms with E-state index in [-0.39, 0.29) is 13.0 Å². The van der Waals surface area contributed by atoms with Crippen LogP contribution in [0.3, 0.4) is 0 Å². The summed E-state index contributed by atoms with van der Waals surface area (Å²) < 4.78 is 6.05. The summed E-state index contributed by atoms with van der Waals surface area (Å²) in [6.07, 6.45) is 0.266. The second kappa shape index (κ2) is 5.74. The van der Waals surface area contributed by atoms with Gasteiger partial charge >= 0.3 is 12.0 Å². The van der Waals surface area contributed by atoms with Crippen molar-refractivity contribution in [2.24, 2.45) is 0 Å². The maximum atomic E-state index is 11.8. The molecule has 2 rings (SSSR count). The molecule has 1 aliphatic heterocycles. The van der Waals surface area contributed by atoms with Gasteiger partial charge in [-0.3, -0.25) is 0 Å². The largest absolute Gasteiger partial charge is 0.479 e. The zero-order valence-corrected chi connectivity index (χ0v) is 12.1. The van der Waals surface area contributed by atoms with Crippen LogP contribution in [0.15, 0.2) is 24.3 Å². The van der Waals surface area contributed by atoms with Gasteiger partial charge in [0.1, 0.15) is 0 Å². The molecule has 3 N–H and O–H groups in total. The van der Waals surface area contributed by atoms with Crippen LogP contribution in [-0.2, 0) is 9.53 Å². The van der Waals surface area contributed by atoms with Crippen molar-refractivity contribution in [3.05, 3.63) is 27.8 Å². The molecule has 1 fully saturated rings. The Morgan fingerprint density at radius 2 is 2.21 bits per heavy atom. The monoisotopic (exact) mass is 376 g/mol. The molecule has 0 saturated carbocycles. The Morgan fingerprint density at radius 3 is 2.79 bits per heavy atom. The molecule has 1 saturated heterocycles. The molecular weight excluding hydrogens is 363 g/mol. The number of carboxylic acids is 1. The van der Waals surface area contributed by atoms with Crippen LogP contribution >= 0.6 is 22.6 Å². The first kappa shape index (κ1) is 14.1. The van der Waals surface area contributed by atoms with Crippen molar-refractivity contribution in [3.63, 3.8) is 0 Å². The molecule has 2 amide bonds. The summed E-state index contributed by atoms with van der Waals surface area (Å²) in [5, 5.41) is 14.3. The van der Waals surface area contributed by atoms with E-state index in [0.717, 1.165) is 3.57 Å². The highest BCUT2D eigenvalue weighted by Gasteiger charge is 2.44. The maximum Gasteiger partial charge on any atom is 0.332 e. The topological polar surface area (TPSA) is 87.7 Å². The van der Waals surface area contributed by atoms with E-state index in [1.54, 1.807) is 12.1 Å². The van der Waals surface area contributed by atoms with Crippen LogP contribution in [0, 0.1) is 3.57 Å². The predicted molar refractivity (Wildman–Crippen MR) is 77.1 cm³/mol. The number of aliphatic carboxylic acids is 1. The van der Waals surface area contributed by atoms with Crippen molar-refractivity contribution >= 4 is 40.3 Å². The average Bonchev–Trinajstić information content (AvgIpc) is 2.78. The Bertz CT molecular complexity index is 500. The summed E-state index contributed by atoms with van der Waals surface area (Å²) in [4.78, 5) is 23.1. The Labute approximate surface area is 123 Å². The third kappa shape index (κ3) is 3.35. The van der Waals surface area contributed by atoms with Gasteiger partial charge in [0.15, 0.2) is 5.54 Å². The van der Waals surface area contributed by atoms with Crippen LogP contribution in [0.4, 0.5) is 10.5 Å². The zero-order chi connectivity index (χ0) is 13.9. The first-order chi connectivity index (χ1) is 9.02. The number of halogens is 1. The van der Waals surface area contributed by atoms with Crippen LogP contribution in [0.2, 0.25) is 0 Å². The molecule has 0 bridgehead atoms. The highest BCUT2D eigenvalue weighted by molar-refractivity contribution is 14.1. The summed E-state index contributed by atoms with van der Waals surface area (Å²) in [6, 6.07) is 6.69. The summed E-state index contributed by atoms with van der Waals surface area (Å²) in [5.41, 5.74) is -0.713. The molecule has 1 heterocycles. The Morgan fingerprint density at radius 1 is 1.42 bits per heavy atom. The molecule has 7 heteroatoms. The highest BCUT2D eigenvalue weighted by atomic mass is 127. The average molecular weight is 376 g/mol. The van der Waals surface area contributed by atoms with E-state index < -0.39 is 17.5 Å². The van der Waals surface area contributed by atoms with Crippen LogP contribution in [0.5, 0.6) is 0 Å². The number of hydrogen-bond acceptors (Lipinski definition) is 3. The normalized spacial score (nSPS) is 21.9. The van der Waals surface area contributed by atoms with Crippen molar-refractivity contribution < 1.29 is 19.4 Å². The molecule has 1 aromatic rings. The Balaban J connectivity index is 2.02. The van der Waals surface area contributed by atoms with Gasteiger partial charge in [-0.05, 0) is 40.8 Å². The third-order valence-corrected chi connectivity index (χ3v) is 3.54. The number of rotatable bonds is 3. The van der Waals surface area contributed by atoms with Crippen molar-refractivity contribution in [2.75, 3.05) is 18.5 Å². The summed E-state index contributed by atoms with van der Waals surface area (Å²) in [6.45, 7) is 0.317. The number of nitrogens with one attached hydrogen (secondary N) is 2. The molecule has 0 radical (unpaired) electrons. The van der Waals surface area contributed by atoms with Gasteiger partial charge in [-0.25, -0.2) is 9.59 Å². The second-order valence-corrected chi connectivity index (χ2v) is 5.52. The molecule has 6 nitrogen and oxygen atoms in total. The maximum absolute atomic E-state index is 11.8. The van der Waals surface area contributed by atoms with Crippen LogP contribution in [-0.4, -0.2) is 35.9 Å². The molecule has 0 spiro atoms. The lowest BCUT2D eigenvalue weighted by molar-refractivity contribution is -0.144. The first-order valence-corrected chi connectivity index (χ1v) is 6.76. The van der Waals surface area contributed by atoms with Gasteiger partial charge < -0.3 is 20.5 Å². The Kier molecular flexibility index (Phi) is 4.25. The number of amides is 2. The third-order valence-electron chi connectivity index (χ3n) is 2.87. The summed E-state index contributed by atoms with van der Waals surface area (Å²) in [7, 11) is 0. The molecule has 0 aliphatic carbocycles. The molecule has 1 aliphatic rings. The minimum atomic E-state index is -1.33. The van der Waals surface area contributed by atoms with E-state index in [9.17, 15) is 14.7 Å². The van der Waals surface area contributed by atoms with Gasteiger partial charge in [0.05, 0.1) is 6.61 Å². The van der Waals surface area contributed by atoms with Gasteiger partial charge in [-0.2, -0.15) is 0 Å². The smallest absolute Gasteiger partial charge is 0.332 e. The number of hydrogen-bond donors (Lipinski definition) is 3. The minimum Gasteiger partial charge on any atom is -0.479 e. The van der Waals surface area contributed by atoms with E-state index in [2.05, 4.69) is 33.2 Å². The van der Waals surface area contributed by atoms with E-state index >= 15 is 0 Å². The van der Waals surface area contributed by atoms with Crippen molar-refractivity contribution in [3.8, 4) is 0 Å². The lowest BCUT2D eigenvalue weighted by atomic mass is 9.99. The fourth-order valence-electron chi connectivity index (χ4n) is 1.83. The molecule has 1 unspecified atom stereocenters. The van der Waals surface area contributed by atoms with Crippen LogP contribution in [0.25, 0.3) is 0 Å². The first-order valence-electron chi connectivity index (χ1n) is 5.68. The van der Waals surface area contributed by atoms with E-state index in [4.69, 9.17) is 4.74 Å². The standard InChI is InChI=1S/C12H13IN2O4/c13-8-2-1-3-9(6-8)14-11(18)15-12(10(16)17)4-5-19-7-12/h1-3,6H,4-5,7H2,(H,16,17)(H2,14,15,18). The summed E-state index contributed by atoms with van der Waals surface area (Å²) in [5.74, 6) is -1.08. The van der Waals surface area contributed by atoms with Crippen molar-refractivity contribution in [2.45, 2.75) is 12.0 Å². The zero-order valence-electron chi connectivity index (χ0n) is 9.98. The van der Waals surface area contributed by atoms with Gasteiger partial charge in [-0.15, -0.1) is 0 Å². The predicted octanol–water partition coefficient (Wildman–Crippen LogP) is 1.66. The number of ether oxygens (including phenoxy) is 1. The number of urea groups is 1. The fourth-order valence-corrected chi connectivity index (χ4v) is 2.37. The SMILES string of the molecule is O=C(Nc1cccc(I)c1)NC1(C(=O)O)CCOC1. The lowest BCUT2D eigenvalue weighted by Crippen LogP contribution is -2.56. The van der Waals surface area contributed by atoms with E-state index in [1.165, 1.54) is 0 Å².